The van der Waals surface area contributed by atoms with Crippen molar-refractivity contribution in [2.45, 2.75) is 27.3 Å². The number of aryl methyl sites for hydroxylation is 3. The third kappa shape index (κ3) is 2.61. The highest BCUT2D eigenvalue weighted by atomic mass is 15.3. The van der Waals surface area contributed by atoms with Gasteiger partial charge in [-0.15, -0.1) is 0 Å². The van der Waals surface area contributed by atoms with E-state index in [1.165, 1.54) is 0 Å². The molecule has 90 valence electrons. The Morgan fingerprint density at radius 2 is 1.88 bits per heavy atom. The molecule has 0 saturated carbocycles. The quantitative estimate of drug-likeness (QED) is 0.873. The van der Waals surface area contributed by atoms with Crippen LogP contribution in [-0.2, 0) is 6.54 Å². The minimum absolute atomic E-state index is 0.607. The number of aromatic nitrogens is 4. The predicted octanol–water partition coefficient (Wildman–Crippen LogP) is 1.69. The van der Waals surface area contributed by atoms with Crippen LogP contribution in [0, 0.1) is 20.8 Å². The van der Waals surface area contributed by atoms with E-state index < -0.39 is 0 Å². The number of hydrogen-bond acceptors (Lipinski definition) is 4. The molecule has 0 aliphatic heterocycles. The first-order chi connectivity index (χ1) is 8.08. The monoisotopic (exact) mass is 231 g/mol. The van der Waals surface area contributed by atoms with Crippen LogP contribution in [0.15, 0.2) is 12.1 Å². The Labute approximate surface area is 101 Å². The van der Waals surface area contributed by atoms with E-state index in [4.69, 9.17) is 0 Å². The summed E-state index contributed by atoms with van der Waals surface area (Å²) < 4.78 is 1.92. The minimum atomic E-state index is 0.607. The van der Waals surface area contributed by atoms with Crippen molar-refractivity contribution in [2.24, 2.45) is 0 Å². The molecule has 0 aliphatic rings. The maximum atomic E-state index is 4.42. The van der Waals surface area contributed by atoms with Gasteiger partial charge in [0, 0.05) is 24.5 Å². The number of nitrogens with one attached hydrogen (secondary N) is 1. The fraction of sp³-hybridized carbons (Fsp3) is 0.417. The first-order valence-corrected chi connectivity index (χ1v) is 5.62. The first kappa shape index (κ1) is 11.6. The van der Waals surface area contributed by atoms with Crippen LogP contribution in [0.2, 0.25) is 0 Å². The predicted molar refractivity (Wildman–Crippen MR) is 67.1 cm³/mol. The van der Waals surface area contributed by atoms with Crippen LogP contribution < -0.4 is 5.32 Å². The van der Waals surface area contributed by atoms with Crippen molar-refractivity contribution in [3.8, 4) is 0 Å². The number of anilines is 1. The van der Waals surface area contributed by atoms with Gasteiger partial charge in [-0.2, -0.15) is 5.10 Å². The summed E-state index contributed by atoms with van der Waals surface area (Å²) >= 11 is 0. The van der Waals surface area contributed by atoms with E-state index in [-0.39, 0.29) is 0 Å². The van der Waals surface area contributed by atoms with E-state index >= 15 is 0 Å². The van der Waals surface area contributed by atoms with Gasteiger partial charge in [0.25, 0.3) is 0 Å². The summed E-state index contributed by atoms with van der Waals surface area (Å²) in [4.78, 5) is 8.83. The summed E-state index contributed by atoms with van der Waals surface area (Å²) in [6.45, 7) is 6.59. The molecule has 0 saturated heterocycles. The molecule has 5 heteroatoms. The average Bonchev–Trinajstić information content (AvgIpc) is 2.56. The molecule has 1 N–H and O–H groups in total. The standard InChI is InChI=1S/C12H17N5/c1-8-6-11(13-4)15-12(14-8)7-17-10(3)5-9(2)16-17/h5-6H,7H2,1-4H3,(H,13,14,15). The van der Waals surface area contributed by atoms with Crippen molar-refractivity contribution in [2.75, 3.05) is 12.4 Å². The van der Waals surface area contributed by atoms with Gasteiger partial charge in [0.1, 0.15) is 12.4 Å². The summed E-state index contributed by atoms with van der Waals surface area (Å²) in [7, 11) is 1.86. The maximum Gasteiger partial charge on any atom is 0.152 e. The number of nitrogens with zero attached hydrogens (tertiary/aromatic N) is 4. The Bertz CT molecular complexity index is 530. The average molecular weight is 231 g/mol. The number of hydrogen-bond donors (Lipinski definition) is 1. The molecule has 0 atom stereocenters. The van der Waals surface area contributed by atoms with E-state index in [9.17, 15) is 0 Å². The lowest BCUT2D eigenvalue weighted by molar-refractivity contribution is 0.630. The van der Waals surface area contributed by atoms with E-state index in [1.54, 1.807) is 0 Å². The van der Waals surface area contributed by atoms with E-state index in [2.05, 4.69) is 26.4 Å². The van der Waals surface area contributed by atoms with Gasteiger partial charge in [0.2, 0.25) is 0 Å². The normalized spacial score (nSPS) is 10.6. The first-order valence-electron chi connectivity index (χ1n) is 5.62. The lowest BCUT2D eigenvalue weighted by atomic mass is 10.4. The second-order valence-electron chi connectivity index (χ2n) is 4.15. The smallest absolute Gasteiger partial charge is 0.152 e. The van der Waals surface area contributed by atoms with Crippen molar-refractivity contribution >= 4 is 5.82 Å². The van der Waals surface area contributed by atoms with Gasteiger partial charge in [0.15, 0.2) is 5.82 Å². The molecule has 2 heterocycles. The highest BCUT2D eigenvalue weighted by Gasteiger charge is 2.05. The van der Waals surface area contributed by atoms with Gasteiger partial charge in [-0.25, -0.2) is 9.97 Å². The molecule has 0 unspecified atom stereocenters. The Kier molecular flexibility index (Phi) is 3.08. The van der Waals surface area contributed by atoms with Crippen LogP contribution in [0.25, 0.3) is 0 Å². The van der Waals surface area contributed by atoms with Crippen molar-refractivity contribution in [1.82, 2.24) is 19.7 Å². The zero-order valence-corrected chi connectivity index (χ0v) is 10.7. The molecule has 5 nitrogen and oxygen atoms in total. The van der Waals surface area contributed by atoms with Gasteiger partial charge < -0.3 is 5.32 Å². The molecular weight excluding hydrogens is 214 g/mol. The lowest BCUT2D eigenvalue weighted by Crippen LogP contribution is -2.09. The van der Waals surface area contributed by atoms with Gasteiger partial charge in [-0.3, -0.25) is 4.68 Å². The van der Waals surface area contributed by atoms with Crippen LogP contribution >= 0.6 is 0 Å². The molecule has 2 aromatic rings. The van der Waals surface area contributed by atoms with E-state index in [1.807, 2.05) is 38.6 Å². The molecule has 2 rings (SSSR count). The zero-order chi connectivity index (χ0) is 12.4. The van der Waals surface area contributed by atoms with Crippen LogP contribution in [0.1, 0.15) is 22.9 Å². The van der Waals surface area contributed by atoms with Crippen LogP contribution in [0.3, 0.4) is 0 Å². The lowest BCUT2D eigenvalue weighted by Gasteiger charge is -2.06. The molecule has 0 aliphatic carbocycles. The van der Waals surface area contributed by atoms with Crippen LogP contribution in [0.4, 0.5) is 5.82 Å². The van der Waals surface area contributed by atoms with Gasteiger partial charge in [-0.1, -0.05) is 0 Å². The molecule has 0 radical (unpaired) electrons. The largest absolute Gasteiger partial charge is 0.373 e. The molecular formula is C12H17N5. The summed E-state index contributed by atoms with van der Waals surface area (Å²) in [6.07, 6.45) is 0. The van der Waals surface area contributed by atoms with Crippen molar-refractivity contribution in [3.63, 3.8) is 0 Å². The fourth-order valence-electron chi connectivity index (χ4n) is 1.80. The molecule has 2 aromatic heterocycles. The van der Waals surface area contributed by atoms with Crippen LogP contribution in [0.5, 0.6) is 0 Å². The minimum Gasteiger partial charge on any atom is -0.373 e. The maximum absolute atomic E-state index is 4.42. The number of rotatable bonds is 3. The highest BCUT2D eigenvalue weighted by Crippen LogP contribution is 2.08. The SMILES string of the molecule is CNc1cc(C)nc(Cn2nc(C)cc2C)n1. The summed E-state index contributed by atoms with van der Waals surface area (Å²) in [6, 6.07) is 3.97. The Morgan fingerprint density at radius 1 is 1.12 bits per heavy atom. The summed E-state index contributed by atoms with van der Waals surface area (Å²) in [5.41, 5.74) is 3.10. The molecule has 0 bridgehead atoms. The summed E-state index contributed by atoms with van der Waals surface area (Å²) in [5.74, 6) is 1.62. The zero-order valence-electron chi connectivity index (χ0n) is 10.7. The van der Waals surface area contributed by atoms with E-state index in [0.29, 0.717) is 6.54 Å². The molecule has 0 aromatic carbocycles. The molecule has 0 spiro atoms. The van der Waals surface area contributed by atoms with Crippen molar-refractivity contribution < 1.29 is 0 Å². The highest BCUT2D eigenvalue weighted by molar-refractivity contribution is 5.34. The summed E-state index contributed by atoms with van der Waals surface area (Å²) in [5, 5.41) is 7.44. The third-order valence-electron chi connectivity index (χ3n) is 2.55. The Morgan fingerprint density at radius 3 is 2.47 bits per heavy atom. The second kappa shape index (κ2) is 4.53. The second-order valence-corrected chi connectivity index (χ2v) is 4.15. The molecule has 0 amide bonds. The Balaban J connectivity index is 2.29. The van der Waals surface area contributed by atoms with Crippen molar-refractivity contribution in [1.29, 1.82) is 0 Å². The Hall–Kier alpha value is -1.91. The van der Waals surface area contributed by atoms with E-state index in [0.717, 1.165) is 28.7 Å². The van der Waals surface area contributed by atoms with Gasteiger partial charge >= 0.3 is 0 Å². The van der Waals surface area contributed by atoms with Gasteiger partial charge in [0.05, 0.1) is 5.69 Å². The molecule has 0 fully saturated rings. The van der Waals surface area contributed by atoms with Gasteiger partial charge in [-0.05, 0) is 26.8 Å². The molecule has 17 heavy (non-hydrogen) atoms. The topological polar surface area (TPSA) is 55.6 Å². The third-order valence-corrected chi connectivity index (χ3v) is 2.55. The fourth-order valence-corrected chi connectivity index (χ4v) is 1.80. The van der Waals surface area contributed by atoms with Crippen molar-refractivity contribution in [3.05, 3.63) is 35.0 Å². The van der Waals surface area contributed by atoms with Crippen LogP contribution in [-0.4, -0.2) is 26.8 Å².